The number of terminal acetylenes is 1. The van der Waals surface area contributed by atoms with Gasteiger partial charge >= 0.3 is 5.97 Å². The Kier molecular flexibility index (Phi) is 3.20. The molecule has 3 rings (SSSR count). The summed E-state index contributed by atoms with van der Waals surface area (Å²) in [5.41, 5.74) is -0.636. The van der Waals surface area contributed by atoms with Crippen LogP contribution in [0.5, 0.6) is 0 Å². The lowest BCUT2D eigenvalue weighted by Crippen LogP contribution is -2.60. The molecule has 0 radical (unpaired) electrons. The van der Waals surface area contributed by atoms with E-state index in [0.717, 1.165) is 38.9 Å². The Morgan fingerprint density at radius 1 is 1.56 bits per heavy atom. The third kappa shape index (κ3) is 1.94. The molecule has 3 nitrogen and oxygen atoms in total. The second-order valence-electron chi connectivity index (χ2n) is 4.81. The van der Waals surface area contributed by atoms with E-state index in [1.165, 1.54) is 0 Å². The zero-order chi connectivity index (χ0) is 11.6. The molecular formula is C13H19NO2. The van der Waals surface area contributed by atoms with Crippen LogP contribution < -0.4 is 0 Å². The summed E-state index contributed by atoms with van der Waals surface area (Å²) in [5.74, 6) is 2.97. The maximum absolute atomic E-state index is 11.6. The van der Waals surface area contributed by atoms with E-state index in [-0.39, 0.29) is 5.97 Å². The molecule has 16 heavy (non-hydrogen) atoms. The fourth-order valence-corrected chi connectivity index (χ4v) is 2.79. The minimum Gasteiger partial charge on any atom is -0.444 e. The van der Waals surface area contributed by atoms with E-state index in [9.17, 15) is 4.79 Å². The lowest BCUT2D eigenvalue weighted by Gasteiger charge is -2.49. The van der Waals surface area contributed by atoms with Crippen molar-refractivity contribution >= 4 is 5.97 Å². The molecule has 3 heteroatoms. The molecule has 0 amide bonds. The molecular weight excluding hydrogens is 202 g/mol. The molecule has 0 N–H and O–H groups in total. The van der Waals surface area contributed by atoms with Crippen LogP contribution in [0.15, 0.2) is 0 Å². The minimum absolute atomic E-state index is 0.144. The van der Waals surface area contributed by atoms with E-state index in [4.69, 9.17) is 11.2 Å². The summed E-state index contributed by atoms with van der Waals surface area (Å²) in [5, 5.41) is 0. The number of fused-ring (bicyclic) bond motifs is 3. The van der Waals surface area contributed by atoms with Gasteiger partial charge < -0.3 is 4.74 Å². The number of carbonyl (C=O) groups excluding carboxylic acids is 1. The Balaban J connectivity index is 2.08. The summed E-state index contributed by atoms with van der Waals surface area (Å²) >= 11 is 0. The zero-order valence-electron chi connectivity index (χ0n) is 9.87. The highest BCUT2D eigenvalue weighted by molar-refractivity contribution is 5.70. The predicted molar refractivity (Wildman–Crippen MR) is 61.7 cm³/mol. The molecule has 88 valence electrons. The third-order valence-corrected chi connectivity index (χ3v) is 3.70. The van der Waals surface area contributed by atoms with Crippen LogP contribution in [0.4, 0.5) is 0 Å². The van der Waals surface area contributed by atoms with Crippen molar-refractivity contribution < 1.29 is 9.53 Å². The van der Waals surface area contributed by atoms with Gasteiger partial charge in [0.25, 0.3) is 0 Å². The first kappa shape index (κ1) is 11.5. The standard InChI is InChI=1S/C13H19NO2/c1-3-5-12(15)16-13(4-2)10-14-8-6-11(13)7-9-14/h2,11H,3,5-10H2,1H3. The molecule has 0 saturated carbocycles. The van der Waals surface area contributed by atoms with E-state index < -0.39 is 5.60 Å². The van der Waals surface area contributed by atoms with E-state index in [1.807, 2.05) is 6.92 Å². The van der Waals surface area contributed by atoms with Gasteiger partial charge in [-0.2, -0.15) is 0 Å². The average molecular weight is 221 g/mol. The van der Waals surface area contributed by atoms with Crippen molar-refractivity contribution in [3.8, 4) is 12.3 Å². The van der Waals surface area contributed by atoms with Crippen LogP contribution in [-0.4, -0.2) is 36.1 Å². The topological polar surface area (TPSA) is 29.5 Å². The maximum atomic E-state index is 11.6. The van der Waals surface area contributed by atoms with Gasteiger partial charge in [-0.1, -0.05) is 12.8 Å². The number of rotatable bonds is 3. The molecule has 0 aliphatic carbocycles. The molecule has 2 bridgehead atoms. The van der Waals surface area contributed by atoms with Crippen LogP contribution in [0.25, 0.3) is 0 Å². The summed E-state index contributed by atoms with van der Waals surface area (Å²) in [6.45, 7) is 4.89. The fourth-order valence-electron chi connectivity index (χ4n) is 2.79. The van der Waals surface area contributed by atoms with Crippen LogP contribution in [0.1, 0.15) is 32.6 Å². The van der Waals surface area contributed by atoms with E-state index in [1.54, 1.807) is 0 Å². The molecule has 1 unspecified atom stereocenters. The van der Waals surface area contributed by atoms with Gasteiger partial charge in [0.2, 0.25) is 0 Å². The average Bonchev–Trinajstić information content (AvgIpc) is 2.30. The molecule has 3 aliphatic heterocycles. The Bertz CT molecular complexity index is 312. The van der Waals surface area contributed by atoms with Crippen molar-refractivity contribution in [3.05, 3.63) is 0 Å². The Morgan fingerprint density at radius 3 is 2.69 bits per heavy atom. The lowest BCUT2D eigenvalue weighted by molar-refractivity contribution is -0.170. The molecule has 3 aliphatic rings. The second kappa shape index (κ2) is 4.47. The Morgan fingerprint density at radius 2 is 2.25 bits per heavy atom. The molecule has 0 aromatic heterocycles. The van der Waals surface area contributed by atoms with Gasteiger partial charge in [-0.05, 0) is 32.4 Å². The fraction of sp³-hybridized carbons (Fsp3) is 0.769. The minimum atomic E-state index is -0.636. The number of ether oxygens (including phenoxy) is 1. The molecule has 3 heterocycles. The number of hydrogen-bond acceptors (Lipinski definition) is 3. The number of piperidine rings is 3. The van der Waals surface area contributed by atoms with Crippen molar-refractivity contribution in [2.75, 3.05) is 19.6 Å². The van der Waals surface area contributed by atoms with Crippen molar-refractivity contribution in [1.29, 1.82) is 0 Å². The Labute approximate surface area is 97.1 Å². The van der Waals surface area contributed by atoms with E-state index >= 15 is 0 Å². The van der Waals surface area contributed by atoms with Crippen molar-refractivity contribution in [1.82, 2.24) is 4.90 Å². The highest BCUT2D eigenvalue weighted by atomic mass is 16.6. The van der Waals surface area contributed by atoms with Crippen LogP contribution in [0, 0.1) is 18.3 Å². The smallest absolute Gasteiger partial charge is 0.307 e. The largest absolute Gasteiger partial charge is 0.444 e. The van der Waals surface area contributed by atoms with Gasteiger partial charge in [0.05, 0.1) is 6.54 Å². The van der Waals surface area contributed by atoms with Gasteiger partial charge in [-0.25, -0.2) is 0 Å². The molecule has 1 atom stereocenters. The summed E-state index contributed by atoms with van der Waals surface area (Å²) < 4.78 is 5.59. The summed E-state index contributed by atoms with van der Waals surface area (Å²) in [6, 6.07) is 0. The predicted octanol–water partition coefficient (Wildman–Crippen LogP) is 1.43. The molecule has 3 fully saturated rings. The number of esters is 1. The number of carbonyl (C=O) groups is 1. The first-order chi connectivity index (χ1) is 7.70. The second-order valence-corrected chi connectivity index (χ2v) is 4.81. The SMILES string of the molecule is C#CC1(OC(=O)CCC)CN2CCC1CC2. The first-order valence-electron chi connectivity index (χ1n) is 6.12. The van der Waals surface area contributed by atoms with Crippen LogP contribution in [0.3, 0.4) is 0 Å². The first-order valence-corrected chi connectivity index (χ1v) is 6.12. The van der Waals surface area contributed by atoms with E-state index in [0.29, 0.717) is 12.3 Å². The molecule has 0 aromatic rings. The highest BCUT2D eigenvalue weighted by Crippen LogP contribution is 2.38. The van der Waals surface area contributed by atoms with Crippen molar-refractivity contribution in [2.24, 2.45) is 5.92 Å². The normalized spacial score (nSPS) is 36.8. The maximum Gasteiger partial charge on any atom is 0.307 e. The monoisotopic (exact) mass is 221 g/mol. The number of hydrogen-bond donors (Lipinski definition) is 0. The molecule has 0 aromatic carbocycles. The van der Waals surface area contributed by atoms with E-state index in [2.05, 4.69) is 10.8 Å². The molecule has 3 saturated heterocycles. The lowest BCUT2D eigenvalue weighted by atomic mass is 9.75. The summed E-state index contributed by atoms with van der Waals surface area (Å²) in [4.78, 5) is 13.9. The van der Waals surface area contributed by atoms with Gasteiger partial charge in [-0.3, -0.25) is 9.69 Å². The van der Waals surface area contributed by atoms with Crippen LogP contribution in [-0.2, 0) is 9.53 Å². The van der Waals surface area contributed by atoms with Crippen molar-refractivity contribution in [3.63, 3.8) is 0 Å². The van der Waals surface area contributed by atoms with Gasteiger partial charge in [-0.15, -0.1) is 6.42 Å². The number of nitrogens with zero attached hydrogens (tertiary/aromatic N) is 1. The third-order valence-electron chi connectivity index (χ3n) is 3.70. The van der Waals surface area contributed by atoms with Crippen molar-refractivity contribution in [2.45, 2.75) is 38.2 Å². The van der Waals surface area contributed by atoms with Crippen LogP contribution in [0.2, 0.25) is 0 Å². The van der Waals surface area contributed by atoms with Gasteiger partial charge in [0.1, 0.15) is 0 Å². The molecule has 0 spiro atoms. The summed E-state index contributed by atoms with van der Waals surface area (Å²) in [6.07, 6.45) is 9.02. The Hall–Kier alpha value is -1.01. The van der Waals surface area contributed by atoms with Gasteiger partial charge in [0, 0.05) is 12.3 Å². The quantitative estimate of drug-likeness (QED) is 0.533. The van der Waals surface area contributed by atoms with Gasteiger partial charge in [0.15, 0.2) is 5.60 Å². The zero-order valence-corrected chi connectivity index (χ0v) is 9.87. The summed E-state index contributed by atoms with van der Waals surface area (Å²) in [7, 11) is 0. The highest BCUT2D eigenvalue weighted by Gasteiger charge is 2.48. The van der Waals surface area contributed by atoms with Crippen LogP contribution >= 0.6 is 0 Å².